The smallest absolute Gasteiger partial charge is 0.138 e. The Morgan fingerprint density at radius 1 is 1.21 bits per heavy atom. The van der Waals surface area contributed by atoms with Crippen molar-refractivity contribution in [1.29, 1.82) is 0 Å². The maximum atomic E-state index is 9.48. The van der Waals surface area contributed by atoms with Gasteiger partial charge in [-0.25, -0.2) is 4.68 Å². The summed E-state index contributed by atoms with van der Waals surface area (Å²) in [5, 5.41) is 14.5. The van der Waals surface area contributed by atoms with Gasteiger partial charge < -0.3 is 5.11 Å². The van der Waals surface area contributed by atoms with Gasteiger partial charge in [0.25, 0.3) is 0 Å². The maximum absolute atomic E-state index is 9.48. The Morgan fingerprint density at radius 3 is 2.21 bits per heavy atom. The molecular weight excluding hydrogens is 260 g/mol. The number of aryl methyl sites for hydroxylation is 2. The van der Waals surface area contributed by atoms with Crippen molar-refractivity contribution in [1.82, 2.24) is 9.78 Å². The van der Waals surface area contributed by atoms with Crippen LogP contribution in [0.1, 0.15) is 42.1 Å². The van der Waals surface area contributed by atoms with E-state index in [2.05, 4.69) is 11.2 Å². The number of hydrogen-bond donors (Lipinski definition) is 1. The molecule has 0 aliphatic heterocycles. The number of aliphatic hydroxyl groups is 1. The van der Waals surface area contributed by atoms with Crippen LogP contribution in [0, 0.1) is 13.8 Å². The minimum Gasteiger partial charge on any atom is -0.391 e. The zero-order valence-corrected chi connectivity index (χ0v) is 12.5. The van der Waals surface area contributed by atoms with E-state index in [0.29, 0.717) is 5.15 Å². The van der Waals surface area contributed by atoms with Gasteiger partial charge in [-0.05, 0) is 43.0 Å². The van der Waals surface area contributed by atoms with Crippen molar-refractivity contribution in [2.24, 2.45) is 0 Å². The van der Waals surface area contributed by atoms with E-state index in [1.165, 1.54) is 11.1 Å². The lowest BCUT2D eigenvalue weighted by molar-refractivity contribution is 0.280. The van der Waals surface area contributed by atoms with E-state index in [0.717, 1.165) is 16.9 Å². The fourth-order valence-corrected chi connectivity index (χ4v) is 2.59. The van der Waals surface area contributed by atoms with Crippen LogP contribution in [0.4, 0.5) is 0 Å². The van der Waals surface area contributed by atoms with Crippen molar-refractivity contribution < 1.29 is 5.11 Å². The SMILES string of the molecule is Cc1cc(C)cc(-n2nc(C(C)C)c(CO)c2Cl)c1. The summed E-state index contributed by atoms with van der Waals surface area (Å²) in [6, 6.07) is 6.19. The highest BCUT2D eigenvalue weighted by Crippen LogP contribution is 2.28. The molecule has 0 radical (unpaired) electrons. The highest BCUT2D eigenvalue weighted by atomic mass is 35.5. The average Bonchev–Trinajstić information content (AvgIpc) is 2.65. The van der Waals surface area contributed by atoms with E-state index >= 15 is 0 Å². The minimum absolute atomic E-state index is 0.0862. The highest BCUT2D eigenvalue weighted by Gasteiger charge is 2.19. The molecule has 1 N–H and O–H groups in total. The predicted molar refractivity (Wildman–Crippen MR) is 78.1 cm³/mol. The second kappa shape index (κ2) is 5.35. The lowest BCUT2D eigenvalue weighted by atomic mass is 10.1. The Labute approximate surface area is 118 Å². The fraction of sp³-hybridized carbons (Fsp3) is 0.400. The molecule has 102 valence electrons. The molecule has 0 saturated heterocycles. The van der Waals surface area contributed by atoms with Gasteiger partial charge in [-0.2, -0.15) is 5.10 Å². The van der Waals surface area contributed by atoms with E-state index < -0.39 is 0 Å². The number of aromatic nitrogens is 2. The van der Waals surface area contributed by atoms with Crippen molar-refractivity contribution in [3.63, 3.8) is 0 Å². The standard InChI is InChI=1S/C15H19ClN2O/c1-9(2)14-13(8-19)15(16)18(17-14)12-6-10(3)5-11(4)7-12/h5-7,9,19H,8H2,1-4H3. The van der Waals surface area contributed by atoms with Crippen LogP contribution < -0.4 is 0 Å². The molecule has 1 heterocycles. The Hall–Kier alpha value is -1.32. The third-order valence-electron chi connectivity index (χ3n) is 3.11. The monoisotopic (exact) mass is 278 g/mol. The van der Waals surface area contributed by atoms with E-state index in [4.69, 9.17) is 11.6 Å². The molecule has 2 rings (SSSR count). The van der Waals surface area contributed by atoms with Gasteiger partial charge in [0.05, 0.1) is 18.0 Å². The largest absolute Gasteiger partial charge is 0.391 e. The predicted octanol–water partition coefficient (Wildman–Crippen LogP) is 3.76. The van der Waals surface area contributed by atoms with Gasteiger partial charge in [-0.3, -0.25) is 0 Å². The molecule has 0 bridgehead atoms. The van der Waals surface area contributed by atoms with Gasteiger partial charge in [0.1, 0.15) is 5.15 Å². The number of hydrogen-bond acceptors (Lipinski definition) is 2. The molecule has 3 nitrogen and oxygen atoms in total. The Kier molecular flexibility index (Phi) is 3.97. The van der Waals surface area contributed by atoms with Gasteiger partial charge in [0.15, 0.2) is 0 Å². The van der Waals surface area contributed by atoms with Gasteiger partial charge in [0, 0.05) is 5.56 Å². The Balaban J connectivity index is 2.62. The summed E-state index contributed by atoms with van der Waals surface area (Å²) in [7, 11) is 0. The van der Waals surface area contributed by atoms with Crippen LogP contribution in [0.3, 0.4) is 0 Å². The molecule has 0 atom stereocenters. The molecule has 0 fully saturated rings. The molecule has 0 spiro atoms. The van der Waals surface area contributed by atoms with Gasteiger partial charge in [0.2, 0.25) is 0 Å². The third kappa shape index (κ3) is 2.67. The number of aliphatic hydroxyl groups excluding tert-OH is 1. The molecule has 19 heavy (non-hydrogen) atoms. The number of halogens is 1. The first-order chi connectivity index (χ1) is 8.93. The van der Waals surface area contributed by atoms with Crippen molar-refractivity contribution in [2.75, 3.05) is 0 Å². The van der Waals surface area contributed by atoms with E-state index in [1.54, 1.807) is 4.68 Å². The van der Waals surface area contributed by atoms with Gasteiger partial charge in [-0.1, -0.05) is 31.5 Å². The van der Waals surface area contributed by atoms with Crippen molar-refractivity contribution in [3.8, 4) is 5.69 Å². The van der Waals surface area contributed by atoms with Gasteiger partial charge in [-0.15, -0.1) is 0 Å². The number of nitrogens with zero attached hydrogens (tertiary/aromatic N) is 2. The summed E-state index contributed by atoms with van der Waals surface area (Å²) in [5.74, 6) is 0.229. The van der Waals surface area contributed by atoms with E-state index in [-0.39, 0.29) is 12.5 Å². The minimum atomic E-state index is -0.0862. The Bertz CT molecular complexity index is 582. The van der Waals surface area contributed by atoms with Crippen LogP contribution in [-0.4, -0.2) is 14.9 Å². The first-order valence-electron chi connectivity index (χ1n) is 6.41. The first kappa shape index (κ1) is 14.1. The summed E-state index contributed by atoms with van der Waals surface area (Å²) >= 11 is 6.35. The van der Waals surface area contributed by atoms with Crippen LogP contribution in [0.25, 0.3) is 5.69 Å². The molecule has 0 amide bonds. The normalized spacial score (nSPS) is 11.3. The summed E-state index contributed by atoms with van der Waals surface area (Å²) in [6.07, 6.45) is 0. The van der Waals surface area contributed by atoms with E-state index in [1.807, 2.05) is 39.8 Å². The lowest BCUT2D eigenvalue weighted by Gasteiger charge is -2.06. The molecule has 0 aliphatic carbocycles. The van der Waals surface area contributed by atoms with Crippen molar-refractivity contribution >= 4 is 11.6 Å². The van der Waals surface area contributed by atoms with Crippen molar-refractivity contribution in [3.05, 3.63) is 45.7 Å². The van der Waals surface area contributed by atoms with Crippen LogP contribution >= 0.6 is 11.6 Å². The zero-order chi connectivity index (χ0) is 14.2. The molecule has 0 unspecified atom stereocenters. The second-order valence-electron chi connectivity index (χ2n) is 5.23. The third-order valence-corrected chi connectivity index (χ3v) is 3.50. The van der Waals surface area contributed by atoms with Crippen LogP contribution in [0.5, 0.6) is 0 Å². The molecule has 0 saturated carbocycles. The molecule has 1 aromatic carbocycles. The van der Waals surface area contributed by atoms with Crippen molar-refractivity contribution in [2.45, 2.75) is 40.2 Å². The fourth-order valence-electron chi connectivity index (χ4n) is 2.30. The molecule has 4 heteroatoms. The summed E-state index contributed by atoms with van der Waals surface area (Å²) in [5.41, 5.74) is 4.84. The van der Waals surface area contributed by atoms with Gasteiger partial charge >= 0.3 is 0 Å². The molecule has 1 aromatic heterocycles. The van der Waals surface area contributed by atoms with Crippen LogP contribution in [-0.2, 0) is 6.61 Å². The van der Waals surface area contributed by atoms with E-state index in [9.17, 15) is 5.11 Å². The molecular formula is C15H19ClN2O. The zero-order valence-electron chi connectivity index (χ0n) is 11.7. The summed E-state index contributed by atoms with van der Waals surface area (Å²) in [6.45, 7) is 8.10. The number of rotatable bonds is 3. The first-order valence-corrected chi connectivity index (χ1v) is 6.78. The second-order valence-corrected chi connectivity index (χ2v) is 5.58. The maximum Gasteiger partial charge on any atom is 0.138 e. The highest BCUT2D eigenvalue weighted by molar-refractivity contribution is 6.30. The molecule has 2 aromatic rings. The van der Waals surface area contributed by atoms with Crippen LogP contribution in [0.15, 0.2) is 18.2 Å². The topological polar surface area (TPSA) is 38.0 Å². The summed E-state index contributed by atoms with van der Waals surface area (Å²) < 4.78 is 1.71. The summed E-state index contributed by atoms with van der Waals surface area (Å²) in [4.78, 5) is 0. The number of benzene rings is 1. The quantitative estimate of drug-likeness (QED) is 0.928. The Morgan fingerprint density at radius 2 is 1.79 bits per heavy atom. The molecule has 0 aliphatic rings. The van der Waals surface area contributed by atoms with Crippen LogP contribution in [0.2, 0.25) is 5.15 Å². The average molecular weight is 279 g/mol. The lowest BCUT2D eigenvalue weighted by Crippen LogP contribution is -1.99.